The molecule has 0 aromatic carbocycles. The maximum Gasteiger partial charge on any atom is 0.220 e. The molecule has 1 aromatic rings. The van der Waals surface area contributed by atoms with Crippen molar-refractivity contribution in [1.29, 1.82) is 0 Å². The number of anilines is 2. The van der Waals surface area contributed by atoms with Gasteiger partial charge in [0.25, 0.3) is 0 Å². The number of hydrogen-bond donors (Lipinski definition) is 3. The number of nitrogens with one attached hydrogen (secondary N) is 2. The molecule has 1 fully saturated rings. The van der Waals surface area contributed by atoms with E-state index >= 15 is 0 Å². The minimum absolute atomic E-state index is 0.114. The van der Waals surface area contributed by atoms with Gasteiger partial charge in [-0.2, -0.15) is 0 Å². The van der Waals surface area contributed by atoms with Crippen molar-refractivity contribution in [3.8, 4) is 0 Å². The van der Waals surface area contributed by atoms with Gasteiger partial charge in [-0.15, -0.1) is 0 Å². The number of amides is 1. The zero-order valence-electron chi connectivity index (χ0n) is 9.29. The summed E-state index contributed by atoms with van der Waals surface area (Å²) < 4.78 is 0. The molecule has 86 valence electrons. The molecule has 0 spiro atoms. The number of nitrogens with two attached hydrogens (primary N) is 1. The van der Waals surface area contributed by atoms with Crippen LogP contribution in [0.3, 0.4) is 0 Å². The number of nitrogens with zero attached hydrogens (tertiary/aromatic N) is 1. The van der Waals surface area contributed by atoms with E-state index in [2.05, 4.69) is 15.6 Å². The van der Waals surface area contributed by atoms with E-state index in [0.717, 1.165) is 12.1 Å². The largest absolute Gasteiger partial charge is 0.396 e. The maximum absolute atomic E-state index is 11.0. The van der Waals surface area contributed by atoms with Crippen LogP contribution in [0.5, 0.6) is 0 Å². The van der Waals surface area contributed by atoms with Crippen LogP contribution in [0.2, 0.25) is 0 Å². The molecule has 1 atom stereocenters. The normalized spacial score (nSPS) is 20.3. The summed E-state index contributed by atoms with van der Waals surface area (Å²) in [6.07, 6.45) is 1.38. The smallest absolute Gasteiger partial charge is 0.220 e. The predicted molar refractivity (Wildman–Crippen MR) is 63.0 cm³/mol. The van der Waals surface area contributed by atoms with Crippen LogP contribution < -0.4 is 16.4 Å². The lowest BCUT2D eigenvalue weighted by molar-refractivity contribution is -0.122. The number of pyridine rings is 1. The first kappa shape index (κ1) is 10.7. The van der Waals surface area contributed by atoms with E-state index in [1.807, 2.05) is 19.1 Å². The minimum atomic E-state index is 0.114. The van der Waals surface area contributed by atoms with E-state index in [0.29, 0.717) is 24.5 Å². The summed E-state index contributed by atoms with van der Waals surface area (Å²) in [7, 11) is 0. The van der Waals surface area contributed by atoms with Crippen molar-refractivity contribution in [3.63, 3.8) is 0 Å². The number of piperidine rings is 1. The van der Waals surface area contributed by atoms with Gasteiger partial charge in [0.05, 0.1) is 5.69 Å². The second-order valence-corrected chi connectivity index (χ2v) is 4.07. The highest BCUT2D eigenvalue weighted by Gasteiger charge is 2.18. The third kappa shape index (κ3) is 2.42. The molecule has 4 N–H and O–H groups in total. The molecule has 2 heterocycles. The van der Waals surface area contributed by atoms with Gasteiger partial charge in [-0.25, -0.2) is 4.98 Å². The summed E-state index contributed by atoms with van der Waals surface area (Å²) >= 11 is 0. The SMILES string of the molecule is Cc1ccc(N)c(NC2CCC(=O)NC2)n1. The lowest BCUT2D eigenvalue weighted by Crippen LogP contribution is -2.42. The van der Waals surface area contributed by atoms with Crippen molar-refractivity contribution in [1.82, 2.24) is 10.3 Å². The summed E-state index contributed by atoms with van der Waals surface area (Å²) in [6.45, 7) is 2.56. The monoisotopic (exact) mass is 220 g/mol. The molecule has 1 aliphatic rings. The van der Waals surface area contributed by atoms with Crippen LogP contribution in [-0.2, 0) is 4.79 Å². The zero-order valence-corrected chi connectivity index (χ0v) is 9.29. The summed E-state index contributed by atoms with van der Waals surface area (Å²) in [5, 5.41) is 6.08. The van der Waals surface area contributed by atoms with E-state index in [-0.39, 0.29) is 11.9 Å². The van der Waals surface area contributed by atoms with Gasteiger partial charge in [-0.1, -0.05) is 0 Å². The van der Waals surface area contributed by atoms with Crippen molar-refractivity contribution in [2.45, 2.75) is 25.8 Å². The van der Waals surface area contributed by atoms with Crippen LogP contribution in [0, 0.1) is 6.92 Å². The van der Waals surface area contributed by atoms with Crippen LogP contribution in [-0.4, -0.2) is 23.5 Å². The molecule has 1 unspecified atom stereocenters. The van der Waals surface area contributed by atoms with Gasteiger partial charge >= 0.3 is 0 Å². The van der Waals surface area contributed by atoms with Crippen molar-refractivity contribution >= 4 is 17.4 Å². The summed E-state index contributed by atoms with van der Waals surface area (Å²) in [5.41, 5.74) is 7.39. The molecule has 2 rings (SSSR count). The van der Waals surface area contributed by atoms with Gasteiger partial charge in [0, 0.05) is 24.7 Å². The number of carbonyl (C=O) groups is 1. The molecule has 1 amide bonds. The van der Waals surface area contributed by atoms with E-state index < -0.39 is 0 Å². The Balaban J connectivity index is 2.03. The molecular weight excluding hydrogens is 204 g/mol. The van der Waals surface area contributed by atoms with Crippen LogP contribution in [0.25, 0.3) is 0 Å². The fourth-order valence-corrected chi connectivity index (χ4v) is 1.73. The van der Waals surface area contributed by atoms with Gasteiger partial charge in [-0.05, 0) is 25.5 Å². The van der Waals surface area contributed by atoms with E-state index in [1.54, 1.807) is 0 Å². The molecule has 16 heavy (non-hydrogen) atoms. The predicted octanol–water partition coefficient (Wildman–Crippen LogP) is 0.663. The number of hydrogen-bond acceptors (Lipinski definition) is 4. The quantitative estimate of drug-likeness (QED) is 0.684. The Morgan fingerprint density at radius 3 is 3.06 bits per heavy atom. The Kier molecular flexibility index (Phi) is 2.94. The number of aromatic nitrogens is 1. The lowest BCUT2D eigenvalue weighted by atomic mass is 10.1. The van der Waals surface area contributed by atoms with Crippen molar-refractivity contribution in [2.24, 2.45) is 0 Å². The van der Waals surface area contributed by atoms with E-state index in [4.69, 9.17) is 5.73 Å². The Bertz CT molecular complexity index is 395. The average Bonchev–Trinajstić information content (AvgIpc) is 2.27. The second-order valence-electron chi connectivity index (χ2n) is 4.07. The van der Waals surface area contributed by atoms with Crippen LogP contribution in [0.1, 0.15) is 18.5 Å². The molecule has 1 aliphatic heterocycles. The maximum atomic E-state index is 11.0. The molecule has 5 heteroatoms. The first-order valence-electron chi connectivity index (χ1n) is 5.41. The van der Waals surface area contributed by atoms with Gasteiger partial charge < -0.3 is 16.4 Å². The second kappa shape index (κ2) is 4.38. The Morgan fingerprint density at radius 2 is 2.38 bits per heavy atom. The minimum Gasteiger partial charge on any atom is -0.396 e. The molecule has 5 nitrogen and oxygen atoms in total. The fraction of sp³-hybridized carbons (Fsp3) is 0.455. The summed E-state index contributed by atoms with van der Waals surface area (Å²) in [6, 6.07) is 3.93. The van der Waals surface area contributed by atoms with Crippen LogP contribution >= 0.6 is 0 Å². The van der Waals surface area contributed by atoms with Crippen LogP contribution in [0.15, 0.2) is 12.1 Å². The topological polar surface area (TPSA) is 80.0 Å². The highest BCUT2D eigenvalue weighted by atomic mass is 16.1. The van der Waals surface area contributed by atoms with Gasteiger partial charge in [0.1, 0.15) is 5.82 Å². The Labute approximate surface area is 94.4 Å². The van der Waals surface area contributed by atoms with Crippen LogP contribution in [0.4, 0.5) is 11.5 Å². The average molecular weight is 220 g/mol. The first-order valence-corrected chi connectivity index (χ1v) is 5.41. The zero-order chi connectivity index (χ0) is 11.5. The molecule has 1 aromatic heterocycles. The third-order valence-electron chi connectivity index (χ3n) is 2.67. The number of carbonyl (C=O) groups excluding carboxylic acids is 1. The van der Waals surface area contributed by atoms with Gasteiger partial charge in [-0.3, -0.25) is 4.79 Å². The summed E-state index contributed by atoms with van der Waals surface area (Å²) in [5.74, 6) is 0.823. The Hall–Kier alpha value is -1.78. The number of aryl methyl sites for hydroxylation is 1. The molecule has 1 saturated heterocycles. The summed E-state index contributed by atoms with van der Waals surface area (Å²) in [4.78, 5) is 15.3. The third-order valence-corrected chi connectivity index (χ3v) is 2.67. The number of rotatable bonds is 2. The molecule has 0 saturated carbocycles. The van der Waals surface area contributed by atoms with Crippen molar-refractivity contribution < 1.29 is 4.79 Å². The standard InChI is InChI=1S/C11H16N4O/c1-7-2-4-9(12)11(14-7)15-8-3-5-10(16)13-6-8/h2,4,8H,3,5-6,12H2,1H3,(H,13,16)(H,14,15). The van der Waals surface area contributed by atoms with Crippen molar-refractivity contribution in [3.05, 3.63) is 17.8 Å². The van der Waals surface area contributed by atoms with E-state index in [1.165, 1.54) is 0 Å². The van der Waals surface area contributed by atoms with E-state index in [9.17, 15) is 4.79 Å². The lowest BCUT2D eigenvalue weighted by Gasteiger charge is -2.24. The van der Waals surface area contributed by atoms with Gasteiger partial charge in [0.15, 0.2) is 0 Å². The molecule has 0 bridgehead atoms. The van der Waals surface area contributed by atoms with Crippen molar-refractivity contribution in [2.75, 3.05) is 17.6 Å². The Morgan fingerprint density at radius 1 is 1.56 bits per heavy atom. The fourth-order valence-electron chi connectivity index (χ4n) is 1.73. The molecular formula is C11H16N4O. The highest BCUT2D eigenvalue weighted by Crippen LogP contribution is 2.18. The van der Waals surface area contributed by atoms with Gasteiger partial charge in [0.2, 0.25) is 5.91 Å². The molecule has 0 radical (unpaired) electrons. The highest BCUT2D eigenvalue weighted by molar-refractivity contribution is 5.77. The first-order chi connectivity index (χ1) is 7.65. The molecule has 0 aliphatic carbocycles. The number of nitrogen functional groups attached to an aromatic ring is 1.